The SMILES string of the molecule is CC(N)OCC1COCCO1. The Morgan fingerprint density at radius 2 is 2.45 bits per heavy atom. The maximum atomic E-state index is 5.39. The van der Waals surface area contributed by atoms with Crippen molar-refractivity contribution >= 4 is 0 Å². The van der Waals surface area contributed by atoms with Crippen LogP contribution in [0.2, 0.25) is 0 Å². The van der Waals surface area contributed by atoms with Gasteiger partial charge in [-0.1, -0.05) is 0 Å². The van der Waals surface area contributed by atoms with Crippen LogP contribution in [0.5, 0.6) is 0 Å². The van der Waals surface area contributed by atoms with E-state index in [2.05, 4.69) is 0 Å². The van der Waals surface area contributed by atoms with Crippen LogP contribution >= 0.6 is 0 Å². The van der Waals surface area contributed by atoms with E-state index in [9.17, 15) is 0 Å². The molecule has 0 saturated carbocycles. The highest BCUT2D eigenvalue weighted by atomic mass is 16.6. The molecule has 0 radical (unpaired) electrons. The van der Waals surface area contributed by atoms with E-state index in [0.717, 1.165) is 0 Å². The summed E-state index contributed by atoms with van der Waals surface area (Å²) in [6.45, 7) is 4.29. The van der Waals surface area contributed by atoms with E-state index in [1.165, 1.54) is 0 Å². The Morgan fingerprint density at radius 1 is 1.64 bits per heavy atom. The van der Waals surface area contributed by atoms with Gasteiger partial charge in [-0.15, -0.1) is 0 Å². The summed E-state index contributed by atoms with van der Waals surface area (Å²) in [4.78, 5) is 0. The summed E-state index contributed by atoms with van der Waals surface area (Å²) < 4.78 is 15.6. The summed E-state index contributed by atoms with van der Waals surface area (Å²) in [6, 6.07) is 0. The predicted molar refractivity (Wildman–Crippen MR) is 40.2 cm³/mol. The Hall–Kier alpha value is -0.160. The van der Waals surface area contributed by atoms with Gasteiger partial charge in [-0.25, -0.2) is 0 Å². The molecule has 0 aromatic rings. The second-order valence-corrected chi connectivity index (χ2v) is 2.61. The molecule has 0 aromatic carbocycles. The van der Waals surface area contributed by atoms with Crippen molar-refractivity contribution in [3.05, 3.63) is 0 Å². The first-order chi connectivity index (χ1) is 5.29. The Balaban J connectivity index is 2.05. The van der Waals surface area contributed by atoms with Crippen molar-refractivity contribution in [3.8, 4) is 0 Å². The van der Waals surface area contributed by atoms with Crippen molar-refractivity contribution in [1.29, 1.82) is 0 Å². The maximum absolute atomic E-state index is 5.39. The molecular formula is C7H15NO3. The molecule has 0 bridgehead atoms. The molecule has 1 rings (SSSR count). The number of nitrogens with two attached hydrogens (primary N) is 1. The molecule has 4 heteroatoms. The van der Waals surface area contributed by atoms with Crippen molar-refractivity contribution < 1.29 is 14.2 Å². The van der Waals surface area contributed by atoms with Gasteiger partial charge < -0.3 is 19.9 Å². The Bertz CT molecular complexity index is 102. The molecule has 2 atom stereocenters. The van der Waals surface area contributed by atoms with Crippen molar-refractivity contribution in [1.82, 2.24) is 0 Å². The second kappa shape index (κ2) is 4.66. The summed E-state index contributed by atoms with van der Waals surface area (Å²) in [5.41, 5.74) is 5.39. The fourth-order valence-electron chi connectivity index (χ4n) is 0.892. The average Bonchev–Trinajstić information content (AvgIpc) is 2.03. The molecule has 2 N–H and O–H groups in total. The Morgan fingerprint density at radius 3 is 3.00 bits per heavy atom. The van der Waals surface area contributed by atoms with E-state index in [-0.39, 0.29) is 12.3 Å². The molecule has 1 fully saturated rings. The van der Waals surface area contributed by atoms with Crippen LogP contribution in [0.25, 0.3) is 0 Å². The fourth-order valence-corrected chi connectivity index (χ4v) is 0.892. The molecule has 2 unspecified atom stereocenters. The molecule has 0 aliphatic carbocycles. The van der Waals surface area contributed by atoms with Crippen LogP contribution in [0.15, 0.2) is 0 Å². The van der Waals surface area contributed by atoms with Crippen LogP contribution in [-0.4, -0.2) is 38.8 Å². The van der Waals surface area contributed by atoms with Gasteiger partial charge in [0.2, 0.25) is 0 Å². The lowest BCUT2D eigenvalue weighted by Crippen LogP contribution is -2.35. The molecule has 11 heavy (non-hydrogen) atoms. The number of rotatable bonds is 3. The van der Waals surface area contributed by atoms with Crippen LogP contribution in [0.1, 0.15) is 6.92 Å². The number of hydrogen-bond donors (Lipinski definition) is 1. The van der Waals surface area contributed by atoms with E-state index in [4.69, 9.17) is 19.9 Å². The first-order valence-corrected chi connectivity index (χ1v) is 3.85. The van der Waals surface area contributed by atoms with E-state index in [1.807, 2.05) is 0 Å². The van der Waals surface area contributed by atoms with E-state index >= 15 is 0 Å². The third-order valence-electron chi connectivity index (χ3n) is 1.43. The average molecular weight is 161 g/mol. The Labute approximate surface area is 66.6 Å². The molecule has 1 aliphatic heterocycles. The zero-order valence-electron chi connectivity index (χ0n) is 6.79. The van der Waals surface area contributed by atoms with Crippen molar-refractivity contribution in [2.24, 2.45) is 5.73 Å². The van der Waals surface area contributed by atoms with E-state index < -0.39 is 0 Å². The van der Waals surface area contributed by atoms with Crippen LogP contribution in [0.3, 0.4) is 0 Å². The summed E-state index contributed by atoms with van der Waals surface area (Å²) in [5.74, 6) is 0. The normalized spacial score (nSPS) is 28.4. The lowest BCUT2D eigenvalue weighted by atomic mass is 10.4. The van der Waals surface area contributed by atoms with Gasteiger partial charge in [0.15, 0.2) is 0 Å². The molecule has 1 heterocycles. The zero-order valence-corrected chi connectivity index (χ0v) is 6.79. The summed E-state index contributed by atoms with van der Waals surface area (Å²) >= 11 is 0. The van der Waals surface area contributed by atoms with Gasteiger partial charge in [0.05, 0.1) is 26.4 Å². The highest BCUT2D eigenvalue weighted by molar-refractivity contribution is 4.59. The number of ether oxygens (including phenoxy) is 3. The minimum Gasteiger partial charge on any atom is -0.376 e. The standard InChI is InChI=1S/C7H15NO3/c1-6(8)11-5-7-4-9-2-3-10-7/h6-7H,2-5,8H2,1H3. The van der Waals surface area contributed by atoms with Gasteiger partial charge in [-0.05, 0) is 6.92 Å². The molecule has 1 saturated heterocycles. The van der Waals surface area contributed by atoms with Crippen molar-refractivity contribution in [2.75, 3.05) is 26.4 Å². The monoisotopic (exact) mass is 161 g/mol. The first-order valence-electron chi connectivity index (χ1n) is 3.85. The van der Waals surface area contributed by atoms with Crippen LogP contribution in [-0.2, 0) is 14.2 Å². The second-order valence-electron chi connectivity index (χ2n) is 2.61. The molecule has 66 valence electrons. The van der Waals surface area contributed by atoms with Gasteiger partial charge in [-0.2, -0.15) is 0 Å². The minimum absolute atomic E-state index is 0.0646. The van der Waals surface area contributed by atoms with Crippen LogP contribution < -0.4 is 5.73 Å². The van der Waals surface area contributed by atoms with Gasteiger partial charge in [0.1, 0.15) is 12.3 Å². The lowest BCUT2D eigenvalue weighted by Gasteiger charge is -2.23. The van der Waals surface area contributed by atoms with Gasteiger partial charge in [0, 0.05) is 0 Å². The lowest BCUT2D eigenvalue weighted by molar-refractivity contribution is -0.122. The van der Waals surface area contributed by atoms with E-state index in [1.54, 1.807) is 6.92 Å². The topological polar surface area (TPSA) is 53.7 Å². The highest BCUT2D eigenvalue weighted by Gasteiger charge is 2.14. The van der Waals surface area contributed by atoms with Gasteiger partial charge >= 0.3 is 0 Å². The van der Waals surface area contributed by atoms with Gasteiger partial charge in [-0.3, -0.25) is 0 Å². The highest BCUT2D eigenvalue weighted by Crippen LogP contribution is 2.01. The molecule has 0 aromatic heterocycles. The molecule has 0 spiro atoms. The molecule has 4 nitrogen and oxygen atoms in total. The Kier molecular flexibility index (Phi) is 3.79. The van der Waals surface area contributed by atoms with Crippen molar-refractivity contribution in [2.45, 2.75) is 19.3 Å². The van der Waals surface area contributed by atoms with E-state index in [0.29, 0.717) is 26.4 Å². The maximum Gasteiger partial charge on any atom is 0.104 e. The number of hydrogen-bond acceptors (Lipinski definition) is 4. The summed E-state index contributed by atoms with van der Waals surface area (Å²) in [6.07, 6.45) is -0.157. The smallest absolute Gasteiger partial charge is 0.104 e. The largest absolute Gasteiger partial charge is 0.376 e. The first kappa shape index (κ1) is 8.93. The summed E-state index contributed by atoms with van der Waals surface area (Å²) in [5, 5.41) is 0. The molecule has 0 amide bonds. The molecule has 1 aliphatic rings. The zero-order chi connectivity index (χ0) is 8.10. The van der Waals surface area contributed by atoms with Crippen LogP contribution in [0, 0.1) is 0 Å². The van der Waals surface area contributed by atoms with Crippen LogP contribution in [0.4, 0.5) is 0 Å². The van der Waals surface area contributed by atoms with Gasteiger partial charge in [0.25, 0.3) is 0 Å². The third-order valence-corrected chi connectivity index (χ3v) is 1.43. The summed E-state index contributed by atoms with van der Waals surface area (Å²) in [7, 11) is 0. The molecular weight excluding hydrogens is 146 g/mol. The predicted octanol–water partition coefficient (Wildman–Crippen LogP) is -0.277. The fraction of sp³-hybridized carbons (Fsp3) is 1.00. The minimum atomic E-state index is -0.222. The third kappa shape index (κ3) is 3.67. The quantitative estimate of drug-likeness (QED) is 0.578. The van der Waals surface area contributed by atoms with Crippen molar-refractivity contribution in [3.63, 3.8) is 0 Å².